The minimum atomic E-state index is -4.85. The van der Waals surface area contributed by atoms with E-state index in [4.69, 9.17) is 9.84 Å². The number of likely N-dealkylation sites (tertiary alicyclic amines) is 1. The molecule has 186 valence electrons. The van der Waals surface area contributed by atoms with Crippen LogP contribution >= 0.6 is 0 Å². The predicted octanol–water partition coefficient (Wildman–Crippen LogP) is 4.03. The second-order valence-corrected chi connectivity index (χ2v) is 8.84. The molecule has 1 aliphatic heterocycles. The van der Waals surface area contributed by atoms with E-state index in [1.54, 1.807) is 0 Å². The van der Waals surface area contributed by atoms with E-state index in [1.807, 2.05) is 48.5 Å². The van der Waals surface area contributed by atoms with Crippen molar-refractivity contribution < 1.29 is 37.4 Å². The normalized spacial score (nSPS) is 16.1. The molecule has 4 rings (SSSR count). The molecule has 2 aliphatic rings. The van der Waals surface area contributed by atoms with Crippen molar-refractivity contribution >= 4 is 18.0 Å². The number of carbonyl (C=O) groups excluding carboxylic acids is 2. The van der Waals surface area contributed by atoms with Crippen molar-refractivity contribution in [3.63, 3.8) is 0 Å². The Balaban J connectivity index is 1.31. The third-order valence-electron chi connectivity index (χ3n) is 6.52. The smallest absolute Gasteiger partial charge is 0.407 e. The van der Waals surface area contributed by atoms with E-state index < -0.39 is 36.6 Å². The van der Waals surface area contributed by atoms with E-state index in [2.05, 4.69) is 5.32 Å². The molecule has 0 radical (unpaired) electrons. The Morgan fingerprint density at radius 3 is 2.14 bits per heavy atom. The Bertz CT molecular complexity index is 1070. The van der Waals surface area contributed by atoms with E-state index in [9.17, 15) is 27.6 Å². The molecule has 1 atom stereocenters. The highest BCUT2D eigenvalue weighted by molar-refractivity contribution is 5.82. The topological polar surface area (TPSA) is 95.9 Å². The number of ether oxygens (including phenoxy) is 1. The summed E-state index contributed by atoms with van der Waals surface area (Å²) in [5.41, 5.74) is 3.99. The van der Waals surface area contributed by atoms with Gasteiger partial charge in [0.15, 0.2) is 5.92 Å². The summed E-state index contributed by atoms with van der Waals surface area (Å²) in [4.78, 5) is 36.3. The van der Waals surface area contributed by atoms with Crippen LogP contribution in [0, 0.1) is 11.8 Å². The van der Waals surface area contributed by atoms with Gasteiger partial charge in [0.1, 0.15) is 6.61 Å². The number of carboxylic acid groups (broad SMARTS) is 1. The summed E-state index contributed by atoms with van der Waals surface area (Å²) in [7, 11) is 0. The number of alkyl carbamates (subject to hydrolysis) is 1. The van der Waals surface area contributed by atoms with Crippen LogP contribution in [0.25, 0.3) is 11.1 Å². The molecule has 1 saturated heterocycles. The summed E-state index contributed by atoms with van der Waals surface area (Å²) in [5.74, 6) is -4.90. The number of rotatable bonds is 8. The Kier molecular flexibility index (Phi) is 7.00. The van der Waals surface area contributed by atoms with E-state index >= 15 is 0 Å². The molecule has 7 nitrogen and oxygen atoms in total. The van der Waals surface area contributed by atoms with Crippen LogP contribution in [0.5, 0.6) is 0 Å². The molecule has 0 aromatic heterocycles. The van der Waals surface area contributed by atoms with Crippen LogP contribution in [0.3, 0.4) is 0 Å². The maximum atomic E-state index is 13.5. The molecule has 10 heteroatoms. The first-order valence-corrected chi connectivity index (χ1v) is 11.3. The molecule has 2 N–H and O–H groups in total. The number of fused-ring (bicyclic) bond motifs is 3. The van der Waals surface area contributed by atoms with Crippen LogP contribution in [0.1, 0.15) is 29.9 Å². The number of hydrogen-bond acceptors (Lipinski definition) is 4. The molecule has 1 heterocycles. The zero-order chi connectivity index (χ0) is 25.2. The van der Waals surface area contributed by atoms with Crippen LogP contribution in [0.4, 0.5) is 18.0 Å². The summed E-state index contributed by atoms with van der Waals surface area (Å²) >= 11 is 0. The van der Waals surface area contributed by atoms with Gasteiger partial charge in [0, 0.05) is 32.0 Å². The minimum absolute atomic E-state index is 0.0537. The monoisotopic (exact) mass is 490 g/mol. The van der Waals surface area contributed by atoms with Gasteiger partial charge in [-0.05, 0) is 34.6 Å². The molecule has 1 unspecified atom stereocenters. The number of alkyl halides is 3. The fourth-order valence-electron chi connectivity index (χ4n) is 4.66. The van der Waals surface area contributed by atoms with Crippen molar-refractivity contribution in [3.8, 4) is 11.1 Å². The predicted molar refractivity (Wildman–Crippen MR) is 120 cm³/mol. The number of carbonyl (C=O) groups is 3. The number of amides is 2. The molecule has 2 amide bonds. The van der Waals surface area contributed by atoms with Gasteiger partial charge in [-0.2, -0.15) is 13.2 Å². The average Bonchev–Trinajstić information content (AvgIpc) is 3.09. The summed E-state index contributed by atoms with van der Waals surface area (Å²) < 4.78 is 45.9. The summed E-state index contributed by atoms with van der Waals surface area (Å²) in [6.07, 6.45) is -5.68. The van der Waals surface area contributed by atoms with Crippen molar-refractivity contribution in [2.24, 2.45) is 11.8 Å². The molecule has 1 aliphatic carbocycles. The van der Waals surface area contributed by atoms with Crippen molar-refractivity contribution in [3.05, 3.63) is 59.7 Å². The van der Waals surface area contributed by atoms with Crippen LogP contribution in [0.15, 0.2) is 48.5 Å². The Morgan fingerprint density at radius 2 is 1.60 bits per heavy atom. The van der Waals surface area contributed by atoms with Crippen molar-refractivity contribution in [2.75, 3.05) is 26.2 Å². The van der Waals surface area contributed by atoms with Crippen LogP contribution < -0.4 is 5.32 Å². The highest BCUT2D eigenvalue weighted by Crippen LogP contribution is 2.44. The van der Waals surface area contributed by atoms with Gasteiger partial charge in [-0.3, -0.25) is 9.59 Å². The second kappa shape index (κ2) is 9.97. The lowest BCUT2D eigenvalue weighted by Gasteiger charge is -2.41. The Morgan fingerprint density at radius 1 is 1.03 bits per heavy atom. The zero-order valence-electron chi connectivity index (χ0n) is 18.8. The van der Waals surface area contributed by atoms with Gasteiger partial charge in [-0.1, -0.05) is 48.5 Å². The van der Waals surface area contributed by atoms with Crippen molar-refractivity contribution in [2.45, 2.75) is 24.9 Å². The standard InChI is InChI=1S/C25H25F3N2O5/c26-25(27,28)21(23(33)30-12-15(13-30)9-10-22(31)32)11-29-24(34)35-14-20-18-7-3-1-5-16(18)17-6-2-4-8-19(17)20/h1-8,15,20-21H,9-14H2,(H,29,34)(H,31,32). The van der Waals surface area contributed by atoms with Crippen LogP contribution in [-0.4, -0.2) is 60.4 Å². The maximum Gasteiger partial charge on any atom is 0.407 e. The van der Waals surface area contributed by atoms with Crippen molar-refractivity contribution in [1.29, 1.82) is 0 Å². The Labute approximate surface area is 199 Å². The highest BCUT2D eigenvalue weighted by atomic mass is 19.4. The lowest BCUT2D eigenvalue weighted by molar-refractivity contribution is -0.191. The third kappa shape index (κ3) is 5.41. The quantitative estimate of drug-likeness (QED) is 0.583. The lowest BCUT2D eigenvalue weighted by atomic mass is 9.92. The first-order valence-electron chi connectivity index (χ1n) is 11.3. The molecular weight excluding hydrogens is 465 g/mol. The third-order valence-corrected chi connectivity index (χ3v) is 6.52. The van der Waals surface area contributed by atoms with E-state index in [0.717, 1.165) is 27.2 Å². The number of nitrogens with one attached hydrogen (secondary N) is 1. The molecule has 0 bridgehead atoms. The number of hydrogen-bond donors (Lipinski definition) is 2. The average molecular weight is 490 g/mol. The fourth-order valence-corrected chi connectivity index (χ4v) is 4.66. The fraction of sp³-hybridized carbons (Fsp3) is 0.400. The largest absolute Gasteiger partial charge is 0.481 e. The molecule has 0 saturated carbocycles. The molecule has 0 spiro atoms. The van der Waals surface area contributed by atoms with Gasteiger partial charge < -0.3 is 20.1 Å². The second-order valence-electron chi connectivity index (χ2n) is 8.84. The molecular formula is C25H25F3N2O5. The minimum Gasteiger partial charge on any atom is -0.481 e. The maximum absolute atomic E-state index is 13.5. The van der Waals surface area contributed by atoms with Crippen LogP contribution in [0.2, 0.25) is 0 Å². The van der Waals surface area contributed by atoms with Gasteiger partial charge in [0.2, 0.25) is 5.91 Å². The number of halogens is 3. The summed E-state index contributed by atoms with van der Waals surface area (Å²) in [5, 5.41) is 10.8. The van der Waals surface area contributed by atoms with Gasteiger partial charge in [0.05, 0.1) is 0 Å². The highest BCUT2D eigenvalue weighted by Gasteiger charge is 2.48. The van der Waals surface area contributed by atoms with Gasteiger partial charge >= 0.3 is 18.2 Å². The number of aliphatic carboxylic acids is 1. The first-order chi connectivity index (χ1) is 16.6. The number of benzene rings is 2. The SMILES string of the molecule is O=C(O)CCC1CN(C(=O)C(CNC(=O)OCC2c3ccccc3-c3ccccc32)C(F)(F)F)C1. The Hall–Kier alpha value is -3.56. The van der Waals surface area contributed by atoms with Gasteiger partial charge in [0.25, 0.3) is 0 Å². The lowest BCUT2D eigenvalue weighted by Crippen LogP contribution is -2.56. The summed E-state index contributed by atoms with van der Waals surface area (Å²) in [6, 6.07) is 15.4. The van der Waals surface area contributed by atoms with E-state index in [0.29, 0.717) is 6.42 Å². The number of carboxylic acids is 1. The van der Waals surface area contributed by atoms with E-state index in [1.165, 1.54) is 0 Å². The molecule has 1 fully saturated rings. The first kappa shape index (κ1) is 24.6. The molecule has 2 aromatic carbocycles. The van der Waals surface area contributed by atoms with Crippen molar-refractivity contribution in [1.82, 2.24) is 10.2 Å². The van der Waals surface area contributed by atoms with Gasteiger partial charge in [-0.15, -0.1) is 0 Å². The molecule has 2 aromatic rings. The van der Waals surface area contributed by atoms with E-state index in [-0.39, 0.29) is 38.0 Å². The number of nitrogens with zero attached hydrogens (tertiary/aromatic N) is 1. The van der Waals surface area contributed by atoms with Crippen LogP contribution in [-0.2, 0) is 14.3 Å². The molecule has 35 heavy (non-hydrogen) atoms. The van der Waals surface area contributed by atoms with Gasteiger partial charge in [-0.25, -0.2) is 4.79 Å². The summed E-state index contributed by atoms with van der Waals surface area (Å²) in [6.45, 7) is -0.843. The zero-order valence-corrected chi connectivity index (χ0v) is 18.8.